The van der Waals surface area contributed by atoms with E-state index in [1.54, 1.807) is 35.5 Å². The Hall–Kier alpha value is -3.00. The second-order valence-electron chi connectivity index (χ2n) is 7.35. The van der Waals surface area contributed by atoms with E-state index in [-0.39, 0.29) is 6.61 Å². The van der Waals surface area contributed by atoms with Gasteiger partial charge in [-0.1, -0.05) is 12.1 Å². The van der Waals surface area contributed by atoms with Gasteiger partial charge in [0.05, 0.1) is 18.7 Å². The number of benzene rings is 1. The van der Waals surface area contributed by atoms with E-state index in [2.05, 4.69) is 22.2 Å². The number of hydrogen-bond donors (Lipinski definition) is 0. The molecule has 29 heavy (non-hydrogen) atoms. The predicted octanol–water partition coefficient (Wildman–Crippen LogP) is 4.02. The molecule has 3 aromatic heterocycles. The minimum Gasteiger partial charge on any atom is -0.497 e. The average Bonchev–Trinajstić information content (AvgIpc) is 3.31. The Morgan fingerprint density at radius 3 is 3.00 bits per heavy atom. The van der Waals surface area contributed by atoms with Gasteiger partial charge in [-0.15, -0.1) is 16.4 Å². The van der Waals surface area contributed by atoms with Crippen LogP contribution in [0.1, 0.15) is 35.2 Å². The van der Waals surface area contributed by atoms with E-state index in [1.807, 2.05) is 24.3 Å². The van der Waals surface area contributed by atoms with Crippen LogP contribution < -0.4 is 4.74 Å². The molecule has 0 spiro atoms. The van der Waals surface area contributed by atoms with Gasteiger partial charge in [0.15, 0.2) is 18.1 Å². The number of fused-ring (bicyclic) bond motifs is 5. The molecule has 0 saturated carbocycles. The summed E-state index contributed by atoms with van der Waals surface area (Å²) in [6.07, 6.45) is 6.82. The second kappa shape index (κ2) is 7.44. The zero-order chi connectivity index (χ0) is 19.8. The number of thiophene rings is 1. The molecule has 0 saturated heterocycles. The molecular formula is C21H21N5O2S. The number of methoxy groups -OCH3 is 1. The number of oxime groups is 1. The largest absolute Gasteiger partial charge is 0.497 e. The fourth-order valence-electron chi connectivity index (χ4n) is 3.73. The van der Waals surface area contributed by atoms with Crippen LogP contribution in [0.2, 0.25) is 0 Å². The summed E-state index contributed by atoms with van der Waals surface area (Å²) in [6.45, 7) is 2.52. The number of ether oxygens (including phenoxy) is 1. The molecule has 1 aliphatic rings. The summed E-state index contributed by atoms with van der Waals surface area (Å²) in [5.74, 6) is 2.13. The monoisotopic (exact) mass is 407 g/mol. The number of aryl methyl sites for hydroxylation is 1. The maximum Gasteiger partial charge on any atom is 0.192 e. The number of nitrogens with zero attached hydrogens (tertiary/aromatic N) is 5. The fourth-order valence-corrected chi connectivity index (χ4v) is 5.07. The average molecular weight is 407 g/mol. The zero-order valence-corrected chi connectivity index (χ0v) is 17.1. The minimum atomic E-state index is 0.208. The number of rotatable bonds is 5. The highest BCUT2D eigenvalue weighted by molar-refractivity contribution is 7.19. The lowest BCUT2D eigenvalue weighted by atomic mass is 9.89. The first kappa shape index (κ1) is 18.1. The second-order valence-corrected chi connectivity index (χ2v) is 8.44. The van der Waals surface area contributed by atoms with Crippen LogP contribution in [-0.4, -0.2) is 32.9 Å². The normalized spacial score (nSPS) is 16.6. The Bertz CT molecular complexity index is 1200. The SMILES string of the molecule is COc1ccc(C=NOCc2nc3c4c5c(sc4ncn3n2)CC(C)CC5)cc1. The van der Waals surface area contributed by atoms with Gasteiger partial charge < -0.3 is 9.57 Å². The third-order valence-electron chi connectivity index (χ3n) is 5.26. The van der Waals surface area contributed by atoms with Crippen molar-refractivity contribution in [1.82, 2.24) is 19.6 Å². The quantitative estimate of drug-likeness (QED) is 0.369. The first-order valence-corrected chi connectivity index (χ1v) is 10.5. The van der Waals surface area contributed by atoms with Crippen LogP contribution in [0.3, 0.4) is 0 Å². The summed E-state index contributed by atoms with van der Waals surface area (Å²) in [7, 11) is 1.64. The Morgan fingerprint density at radius 1 is 1.31 bits per heavy atom. The van der Waals surface area contributed by atoms with Crippen LogP contribution in [0.5, 0.6) is 5.75 Å². The van der Waals surface area contributed by atoms with E-state index < -0.39 is 0 Å². The lowest BCUT2D eigenvalue weighted by molar-refractivity contribution is 0.126. The molecule has 1 unspecified atom stereocenters. The van der Waals surface area contributed by atoms with Crippen molar-refractivity contribution < 1.29 is 9.57 Å². The number of aromatic nitrogens is 4. The van der Waals surface area contributed by atoms with Gasteiger partial charge in [0, 0.05) is 4.88 Å². The van der Waals surface area contributed by atoms with E-state index in [1.165, 1.54) is 16.9 Å². The van der Waals surface area contributed by atoms with Crippen molar-refractivity contribution >= 4 is 33.4 Å². The highest BCUT2D eigenvalue weighted by Gasteiger charge is 2.23. The van der Waals surface area contributed by atoms with Crippen LogP contribution in [0.25, 0.3) is 15.9 Å². The van der Waals surface area contributed by atoms with Gasteiger partial charge in [0.2, 0.25) is 0 Å². The molecule has 7 nitrogen and oxygen atoms in total. The van der Waals surface area contributed by atoms with Crippen molar-refractivity contribution in [2.75, 3.05) is 7.11 Å². The van der Waals surface area contributed by atoms with E-state index in [0.29, 0.717) is 5.82 Å². The van der Waals surface area contributed by atoms with Crippen molar-refractivity contribution in [3.8, 4) is 5.75 Å². The Morgan fingerprint density at radius 2 is 2.17 bits per heavy atom. The van der Waals surface area contributed by atoms with Crippen molar-refractivity contribution in [1.29, 1.82) is 0 Å². The summed E-state index contributed by atoms with van der Waals surface area (Å²) in [5, 5.41) is 9.68. The van der Waals surface area contributed by atoms with Gasteiger partial charge in [-0.25, -0.2) is 14.5 Å². The maximum absolute atomic E-state index is 5.41. The standard InChI is InChI=1S/C21H21N5O2S/c1-13-3-8-16-17(9-13)29-21-19(16)20-24-18(25-26(20)12-22-21)11-28-23-10-14-4-6-15(27-2)7-5-14/h4-7,10,12-13H,3,8-9,11H2,1-2H3. The van der Waals surface area contributed by atoms with E-state index in [4.69, 9.17) is 14.6 Å². The molecular weight excluding hydrogens is 386 g/mol. The summed E-state index contributed by atoms with van der Waals surface area (Å²) in [5.41, 5.74) is 3.19. The smallest absolute Gasteiger partial charge is 0.192 e. The molecule has 0 N–H and O–H groups in total. The summed E-state index contributed by atoms with van der Waals surface area (Å²) < 4.78 is 6.90. The van der Waals surface area contributed by atoms with E-state index >= 15 is 0 Å². The van der Waals surface area contributed by atoms with Crippen molar-refractivity contribution in [3.05, 3.63) is 52.4 Å². The minimum absolute atomic E-state index is 0.208. The van der Waals surface area contributed by atoms with Crippen LogP contribution >= 0.6 is 11.3 Å². The third kappa shape index (κ3) is 3.44. The molecule has 0 aliphatic heterocycles. The van der Waals surface area contributed by atoms with E-state index in [9.17, 15) is 0 Å². The molecule has 0 bridgehead atoms. The van der Waals surface area contributed by atoms with Gasteiger partial charge >= 0.3 is 0 Å². The predicted molar refractivity (Wildman–Crippen MR) is 113 cm³/mol. The molecule has 5 rings (SSSR count). The van der Waals surface area contributed by atoms with Crippen LogP contribution in [0.4, 0.5) is 0 Å². The molecule has 4 aromatic rings. The summed E-state index contributed by atoms with van der Waals surface area (Å²) in [4.78, 5) is 17.2. The van der Waals surface area contributed by atoms with Gasteiger partial charge in [0.1, 0.15) is 16.9 Å². The lowest BCUT2D eigenvalue weighted by Gasteiger charge is -2.17. The van der Waals surface area contributed by atoms with Crippen molar-refractivity contribution in [2.24, 2.45) is 11.1 Å². The topological polar surface area (TPSA) is 73.9 Å². The first-order valence-electron chi connectivity index (χ1n) is 9.65. The Balaban J connectivity index is 1.35. The van der Waals surface area contributed by atoms with Gasteiger partial charge in [-0.05, 0) is 60.6 Å². The molecule has 0 amide bonds. The molecule has 148 valence electrons. The van der Waals surface area contributed by atoms with Gasteiger partial charge in [-0.2, -0.15) is 0 Å². The molecule has 3 heterocycles. The maximum atomic E-state index is 5.41. The zero-order valence-electron chi connectivity index (χ0n) is 16.3. The Labute approximate surface area is 172 Å². The molecule has 1 aliphatic carbocycles. The summed E-state index contributed by atoms with van der Waals surface area (Å²) in [6, 6.07) is 7.59. The summed E-state index contributed by atoms with van der Waals surface area (Å²) >= 11 is 1.79. The van der Waals surface area contributed by atoms with Crippen LogP contribution in [-0.2, 0) is 24.3 Å². The van der Waals surface area contributed by atoms with Gasteiger partial charge in [0.25, 0.3) is 0 Å². The first-order chi connectivity index (χ1) is 14.2. The molecule has 8 heteroatoms. The van der Waals surface area contributed by atoms with Crippen molar-refractivity contribution in [3.63, 3.8) is 0 Å². The highest BCUT2D eigenvalue weighted by Crippen LogP contribution is 2.38. The van der Waals surface area contributed by atoms with E-state index in [0.717, 1.165) is 45.9 Å². The molecule has 1 aromatic carbocycles. The third-order valence-corrected chi connectivity index (χ3v) is 6.42. The molecule has 0 fully saturated rings. The molecule has 1 atom stereocenters. The fraction of sp³-hybridized carbons (Fsp3) is 0.333. The lowest BCUT2D eigenvalue weighted by Crippen LogP contribution is -2.08. The Kier molecular flexibility index (Phi) is 4.63. The van der Waals surface area contributed by atoms with Crippen molar-refractivity contribution in [2.45, 2.75) is 32.8 Å². The van der Waals surface area contributed by atoms with Gasteiger partial charge in [-0.3, -0.25) is 0 Å². The van der Waals surface area contributed by atoms with Crippen LogP contribution in [0, 0.1) is 5.92 Å². The van der Waals surface area contributed by atoms with Crippen LogP contribution in [0.15, 0.2) is 35.7 Å². The highest BCUT2D eigenvalue weighted by atomic mass is 32.1. The molecule has 0 radical (unpaired) electrons. The number of hydrogen-bond acceptors (Lipinski definition) is 7.